The number of nitrogens with zero attached hydrogens (tertiary/aromatic N) is 1. The summed E-state index contributed by atoms with van der Waals surface area (Å²) in [6.07, 6.45) is 8.64. The van der Waals surface area contributed by atoms with Gasteiger partial charge in [-0.15, -0.1) is 11.6 Å². The summed E-state index contributed by atoms with van der Waals surface area (Å²) in [7, 11) is -3.18. The lowest BCUT2D eigenvalue weighted by molar-refractivity contribution is 0.103. The van der Waals surface area contributed by atoms with E-state index in [1.165, 1.54) is 32.1 Å². The van der Waals surface area contributed by atoms with Gasteiger partial charge in [0, 0.05) is 13.1 Å². The summed E-state index contributed by atoms with van der Waals surface area (Å²) in [5.74, 6) is 0. The van der Waals surface area contributed by atoms with E-state index in [1.54, 1.807) is 4.31 Å². The maximum absolute atomic E-state index is 11.6. The molecule has 2 fully saturated rings. The predicted molar refractivity (Wildman–Crippen MR) is 66.0 cm³/mol. The standard InChI is InChI=1S/C11H20ClNO2S/c12-10-16(14,15)13-8-6-11(7-9-13)4-2-1-3-5-11/h1-10H2. The summed E-state index contributed by atoms with van der Waals surface area (Å²) in [4.78, 5) is 0. The lowest BCUT2D eigenvalue weighted by atomic mass is 9.68. The highest BCUT2D eigenvalue weighted by Crippen LogP contribution is 2.44. The van der Waals surface area contributed by atoms with Crippen molar-refractivity contribution in [2.24, 2.45) is 5.41 Å². The average molecular weight is 266 g/mol. The van der Waals surface area contributed by atoms with Crippen LogP contribution in [0.3, 0.4) is 0 Å². The van der Waals surface area contributed by atoms with Crippen molar-refractivity contribution in [3.05, 3.63) is 0 Å². The Morgan fingerprint density at radius 1 is 1.00 bits per heavy atom. The number of piperidine rings is 1. The first kappa shape index (κ1) is 12.7. The highest BCUT2D eigenvalue weighted by atomic mass is 35.5. The van der Waals surface area contributed by atoms with Gasteiger partial charge in [-0.05, 0) is 31.1 Å². The fourth-order valence-electron chi connectivity index (χ4n) is 3.11. The van der Waals surface area contributed by atoms with E-state index in [0.717, 1.165) is 12.8 Å². The molecule has 16 heavy (non-hydrogen) atoms. The summed E-state index contributed by atoms with van der Waals surface area (Å²) in [5, 5.41) is -0.278. The van der Waals surface area contributed by atoms with E-state index in [0.29, 0.717) is 18.5 Å². The van der Waals surface area contributed by atoms with Gasteiger partial charge in [-0.3, -0.25) is 0 Å². The Balaban J connectivity index is 1.96. The van der Waals surface area contributed by atoms with Gasteiger partial charge in [-0.25, -0.2) is 12.7 Å². The largest absolute Gasteiger partial charge is 0.228 e. The molecule has 0 aromatic heterocycles. The Kier molecular flexibility index (Phi) is 3.82. The van der Waals surface area contributed by atoms with Crippen LogP contribution < -0.4 is 0 Å². The Hall–Kier alpha value is 0.200. The van der Waals surface area contributed by atoms with E-state index in [1.807, 2.05) is 0 Å². The normalized spacial score (nSPS) is 27.1. The molecule has 1 aliphatic carbocycles. The number of hydrogen-bond donors (Lipinski definition) is 0. The first-order valence-corrected chi connectivity index (χ1v) is 8.26. The minimum Gasteiger partial charge on any atom is -0.211 e. The molecule has 0 aromatic carbocycles. The second kappa shape index (κ2) is 4.83. The van der Waals surface area contributed by atoms with Crippen molar-refractivity contribution in [3.8, 4) is 0 Å². The smallest absolute Gasteiger partial charge is 0.211 e. The van der Waals surface area contributed by atoms with Crippen LogP contribution in [0.4, 0.5) is 0 Å². The Labute approximate surface area is 103 Å². The summed E-state index contributed by atoms with van der Waals surface area (Å²) in [6, 6.07) is 0. The third-order valence-electron chi connectivity index (χ3n) is 4.23. The average Bonchev–Trinajstić information content (AvgIpc) is 2.31. The summed E-state index contributed by atoms with van der Waals surface area (Å²) in [5.41, 5.74) is 0.455. The first-order valence-electron chi connectivity index (χ1n) is 6.12. The fraction of sp³-hybridized carbons (Fsp3) is 1.00. The molecule has 2 aliphatic rings. The quantitative estimate of drug-likeness (QED) is 0.720. The van der Waals surface area contributed by atoms with Crippen molar-refractivity contribution < 1.29 is 8.42 Å². The Bertz CT molecular complexity index is 326. The maximum Gasteiger partial charge on any atom is 0.228 e. The number of rotatable bonds is 2. The third kappa shape index (κ3) is 2.54. The molecule has 1 heterocycles. The maximum atomic E-state index is 11.6. The van der Waals surface area contributed by atoms with E-state index in [9.17, 15) is 8.42 Å². The number of alkyl halides is 1. The zero-order valence-corrected chi connectivity index (χ0v) is 11.2. The van der Waals surface area contributed by atoms with Crippen LogP contribution >= 0.6 is 11.6 Å². The van der Waals surface area contributed by atoms with Crippen LogP contribution in [0.2, 0.25) is 0 Å². The molecule has 5 heteroatoms. The number of hydrogen-bond acceptors (Lipinski definition) is 2. The molecule has 1 saturated carbocycles. The zero-order valence-electron chi connectivity index (χ0n) is 9.62. The molecule has 0 bridgehead atoms. The van der Waals surface area contributed by atoms with Gasteiger partial charge in [0.25, 0.3) is 0 Å². The molecule has 3 nitrogen and oxygen atoms in total. The van der Waals surface area contributed by atoms with Crippen LogP contribution in [-0.2, 0) is 10.0 Å². The van der Waals surface area contributed by atoms with Gasteiger partial charge >= 0.3 is 0 Å². The Morgan fingerprint density at radius 3 is 2.06 bits per heavy atom. The Morgan fingerprint density at radius 2 is 1.56 bits per heavy atom. The molecule has 1 saturated heterocycles. The van der Waals surface area contributed by atoms with E-state index < -0.39 is 10.0 Å². The molecule has 1 aliphatic heterocycles. The minimum absolute atomic E-state index is 0.278. The van der Waals surface area contributed by atoms with Crippen LogP contribution in [0.15, 0.2) is 0 Å². The van der Waals surface area contributed by atoms with Gasteiger partial charge in [0.15, 0.2) is 0 Å². The van der Waals surface area contributed by atoms with Gasteiger partial charge in [-0.1, -0.05) is 19.3 Å². The van der Waals surface area contributed by atoms with Gasteiger partial charge in [0.2, 0.25) is 10.0 Å². The molecule has 0 aromatic rings. The molecular weight excluding hydrogens is 246 g/mol. The molecule has 0 radical (unpaired) electrons. The fourth-order valence-corrected chi connectivity index (χ4v) is 4.40. The summed E-state index contributed by atoms with van der Waals surface area (Å²) in [6.45, 7) is 1.35. The molecule has 94 valence electrons. The monoisotopic (exact) mass is 265 g/mol. The summed E-state index contributed by atoms with van der Waals surface area (Å²) >= 11 is 5.47. The van der Waals surface area contributed by atoms with Crippen molar-refractivity contribution in [3.63, 3.8) is 0 Å². The van der Waals surface area contributed by atoms with E-state index in [4.69, 9.17) is 11.6 Å². The van der Waals surface area contributed by atoms with Crippen molar-refractivity contribution >= 4 is 21.6 Å². The molecule has 1 spiro atoms. The lowest BCUT2D eigenvalue weighted by Crippen LogP contribution is -2.44. The topological polar surface area (TPSA) is 37.4 Å². The van der Waals surface area contributed by atoms with Crippen LogP contribution in [-0.4, -0.2) is 31.0 Å². The second-order valence-corrected chi connectivity index (χ2v) is 7.73. The first-order chi connectivity index (χ1) is 7.58. The van der Waals surface area contributed by atoms with Crippen molar-refractivity contribution in [2.75, 3.05) is 18.3 Å². The molecular formula is C11H20ClNO2S. The zero-order chi connectivity index (χ0) is 11.6. The van der Waals surface area contributed by atoms with Crippen LogP contribution in [0.25, 0.3) is 0 Å². The minimum atomic E-state index is -3.18. The lowest BCUT2D eigenvalue weighted by Gasteiger charge is -2.43. The summed E-state index contributed by atoms with van der Waals surface area (Å²) < 4.78 is 24.8. The highest BCUT2D eigenvalue weighted by molar-refractivity contribution is 7.90. The molecule has 0 N–H and O–H groups in total. The number of halogens is 1. The highest BCUT2D eigenvalue weighted by Gasteiger charge is 2.38. The molecule has 0 unspecified atom stereocenters. The van der Waals surface area contributed by atoms with Crippen molar-refractivity contribution in [1.29, 1.82) is 0 Å². The van der Waals surface area contributed by atoms with E-state index in [-0.39, 0.29) is 5.21 Å². The van der Waals surface area contributed by atoms with Crippen LogP contribution in [0.1, 0.15) is 44.9 Å². The molecule has 0 atom stereocenters. The van der Waals surface area contributed by atoms with Crippen LogP contribution in [0.5, 0.6) is 0 Å². The second-order valence-electron chi connectivity index (χ2n) is 5.18. The van der Waals surface area contributed by atoms with Crippen molar-refractivity contribution in [1.82, 2.24) is 4.31 Å². The third-order valence-corrected chi connectivity index (χ3v) is 6.48. The van der Waals surface area contributed by atoms with E-state index in [2.05, 4.69) is 0 Å². The van der Waals surface area contributed by atoms with Gasteiger partial charge in [0.1, 0.15) is 5.21 Å². The van der Waals surface area contributed by atoms with Crippen LogP contribution in [0, 0.1) is 5.41 Å². The van der Waals surface area contributed by atoms with Gasteiger partial charge in [-0.2, -0.15) is 0 Å². The number of sulfonamides is 1. The molecule has 2 rings (SSSR count). The molecule has 0 amide bonds. The van der Waals surface area contributed by atoms with Gasteiger partial charge < -0.3 is 0 Å². The van der Waals surface area contributed by atoms with E-state index >= 15 is 0 Å². The predicted octanol–water partition coefficient (Wildman–Crippen LogP) is 2.56. The van der Waals surface area contributed by atoms with Crippen molar-refractivity contribution in [2.45, 2.75) is 44.9 Å². The SMILES string of the molecule is O=S(=O)(CCl)N1CCC2(CCCCC2)CC1. The van der Waals surface area contributed by atoms with Gasteiger partial charge in [0.05, 0.1) is 0 Å².